The van der Waals surface area contributed by atoms with Gasteiger partial charge in [-0.3, -0.25) is 5.32 Å². The summed E-state index contributed by atoms with van der Waals surface area (Å²) in [7, 11) is 0. The van der Waals surface area contributed by atoms with Gasteiger partial charge in [-0.25, -0.2) is 4.98 Å². The van der Waals surface area contributed by atoms with Gasteiger partial charge in [0.15, 0.2) is 0 Å². The highest BCUT2D eigenvalue weighted by atomic mass is 15.1. The number of aromatic amines is 1. The molecule has 0 saturated heterocycles. The summed E-state index contributed by atoms with van der Waals surface area (Å²) in [5, 5.41) is 3.11. The number of aromatic nitrogens is 2. The zero-order valence-electron chi connectivity index (χ0n) is 6.89. The third-order valence-corrected chi connectivity index (χ3v) is 1.63. The lowest BCUT2D eigenvalue weighted by Gasteiger charge is -2.22. The molecule has 0 aliphatic heterocycles. The minimum Gasteiger partial charge on any atom is -0.347 e. The van der Waals surface area contributed by atoms with E-state index in [-0.39, 0.29) is 5.54 Å². The fourth-order valence-electron chi connectivity index (χ4n) is 0.946. The topological polar surface area (TPSA) is 66.7 Å². The van der Waals surface area contributed by atoms with E-state index in [1.807, 2.05) is 13.8 Å². The molecular formula is C7H14N4. The molecule has 1 aromatic heterocycles. The Hall–Kier alpha value is -0.870. The van der Waals surface area contributed by atoms with Crippen molar-refractivity contribution in [1.82, 2.24) is 15.3 Å². The summed E-state index contributed by atoms with van der Waals surface area (Å²) in [6.07, 6.45) is 3.53. The second-order valence-corrected chi connectivity index (χ2v) is 2.94. The number of H-pyrrole nitrogens is 1. The van der Waals surface area contributed by atoms with Gasteiger partial charge in [-0.2, -0.15) is 0 Å². The molecule has 1 aromatic rings. The average Bonchev–Trinajstić information content (AvgIpc) is 2.37. The molecule has 0 unspecified atom stereocenters. The van der Waals surface area contributed by atoms with E-state index in [1.165, 1.54) is 0 Å². The molecule has 0 aromatic carbocycles. The molecule has 4 nitrogen and oxygen atoms in total. The van der Waals surface area contributed by atoms with Crippen LogP contribution in [0.3, 0.4) is 0 Å². The average molecular weight is 154 g/mol. The van der Waals surface area contributed by atoms with Crippen molar-refractivity contribution < 1.29 is 0 Å². The van der Waals surface area contributed by atoms with Crippen molar-refractivity contribution in [3.63, 3.8) is 0 Å². The maximum absolute atomic E-state index is 5.37. The lowest BCUT2D eigenvalue weighted by Crippen LogP contribution is -2.40. The monoisotopic (exact) mass is 154 g/mol. The first-order valence-electron chi connectivity index (χ1n) is 3.62. The Balaban J connectivity index is 2.73. The molecule has 4 N–H and O–H groups in total. The molecule has 11 heavy (non-hydrogen) atoms. The van der Waals surface area contributed by atoms with E-state index in [4.69, 9.17) is 5.73 Å². The van der Waals surface area contributed by atoms with Crippen LogP contribution in [0.5, 0.6) is 0 Å². The number of nitrogens with one attached hydrogen (secondary N) is 2. The SMILES string of the molecule is CC(C)(NCN)c1ncc[nH]1. The predicted molar refractivity (Wildman–Crippen MR) is 43.8 cm³/mol. The molecule has 1 rings (SSSR count). The van der Waals surface area contributed by atoms with Gasteiger partial charge in [-0.05, 0) is 13.8 Å². The van der Waals surface area contributed by atoms with Crippen molar-refractivity contribution in [1.29, 1.82) is 0 Å². The summed E-state index contributed by atoms with van der Waals surface area (Å²) in [6, 6.07) is 0. The van der Waals surface area contributed by atoms with Gasteiger partial charge in [0.1, 0.15) is 5.82 Å². The predicted octanol–water partition coefficient (Wildman–Crippen LogP) is 0.151. The molecule has 1 heterocycles. The first-order chi connectivity index (χ1) is 5.17. The van der Waals surface area contributed by atoms with Crippen molar-refractivity contribution in [3.8, 4) is 0 Å². The van der Waals surface area contributed by atoms with Crippen LogP contribution in [0.2, 0.25) is 0 Å². The van der Waals surface area contributed by atoms with Crippen molar-refractivity contribution in [2.45, 2.75) is 19.4 Å². The van der Waals surface area contributed by atoms with Gasteiger partial charge in [0.2, 0.25) is 0 Å². The van der Waals surface area contributed by atoms with Gasteiger partial charge < -0.3 is 10.7 Å². The zero-order valence-corrected chi connectivity index (χ0v) is 6.89. The van der Waals surface area contributed by atoms with Crippen LogP contribution in [-0.2, 0) is 5.54 Å². The summed E-state index contributed by atoms with van der Waals surface area (Å²) in [4.78, 5) is 7.17. The quantitative estimate of drug-likeness (QED) is 0.543. The Morgan fingerprint density at radius 1 is 1.73 bits per heavy atom. The van der Waals surface area contributed by atoms with Crippen molar-refractivity contribution in [2.75, 3.05) is 6.67 Å². The van der Waals surface area contributed by atoms with Gasteiger partial charge in [-0.1, -0.05) is 0 Å². The standard InChI is InChI=1S/C7H14N4/c1-7(2,11-5-8)6-9-3-4-10-6/h3-4,11H,5,8H2,1-2H3,(H,9,10). The first-order valence-corrected chi connectivity index (χ1v) is 3.62. The van der Waals surface area contributed by atoms with Gasteiger partial charge in [0.05, 0.1) is 5.54 Å². The Bertz CT molecular complexity index is 202. The molecule has 0 fully saturated rings. The Morgan fingerprint density at radius 2 is 2.45 bits per heavy atom. The second kappa shape index (κ2) is 3.02. The van der Waals surface area contributed by atoms with Crippen LogP contribution in [0.15, 0.2) is 12.4 Å². The van der Waals surface area contributed by atoms with Crippen LogP contribution in [0.25, 0.3) is 0 Å². The highest BCUT2D eigenvalue weighted by Crippen LogP contribution is 2.13. The van der Waals surface area contributed by atoms with Gasteiger partial charge in [-0.15, -0.1) is 0 Å². The fraction of sp³-hybridized carbons (Fsp3) is 0.571. The molecule has 0 aliphatic carbocycles. The normalized spacial score (nSPS) is 11.9. The van der Waals surface area contributed by atoms with Crippen LogP contribution in [-0.4, -0.2) is 16.6 Å². The van der Waals surface area contributed by atoms with Gasteiger partial charge in [0, 0.05) is 19.1 Å². The van der Waals surface area contributed by atoms with E-state index >= 15 is 0 Å². The Kier molecular flexibility index (Phi) is 2.26. The molecule has 62 valence electrons. The van der Waals surface area contributed by atoms with Crippen LogP contribution in [0, 0.1) is 0 Å². The maximum Gasteiger partial charge on any atom is 0.125 e. The number of nitrogens with two attached hydrogens (primary N) is 1. The summed E-state index contributed by atoms with van der Waals surface area (Å²) in [6.45, 7) is 4.51. The van der Waals surface area contributed by atoms with E-state index in [2.05, 4.69) is 15.3 Å². The van der Waals surface area contributed by atoms with E-state index in [1.54, 1.807) is 12.4 Å². The van der Waals surface area contributed by atoms with E-state index in [0.717, 1.165) is 5.82 Å². The van der Waals surface area contributed by atoms with Crippen LogP contribution in [0.4, 0.5) is 0 Å². The molecule has 4 heteroatoms. The molecule has 0 radical (unpaired) electrons. The third kappa shape index (κ3) is 1.78. The number of hydrogen-bond acceptors (Lipinski definition) is 3. The summed E-state index contributed by atoms with van der Waals surface area (Å²) < 4.78 is 0. The molecule has 0 amide bonds. The lowest BCUT2D eigenvalue weighted by atomic mass is 10.1. The van der Waals surface area contributed by atoms with Crippen LogP contribution in [0.1, 0.15) is 19.7 Å². The lowest BCUT2D eigenvalue weighted by molar-refractivity contribution is 0.390. The summed E-state index contributed by atoms with van der Waals surface area (Å²) >= 11 is 0. The number of nitrogens with zero attached hydrogens (tertiary/aromatic N) is 1. The highest BCUT2D eigenvalue weighted by molar-refractivity contribution is 5.01. The second-order valence-electron chi connectivity index (χ2n) is 2.94. The number of hydrogen-bond donors (Lipinski definition) is 3. The smallest absolute Gasteiger partial charge is 0.125 e. The number of rotatable bonds is 3. The minimum absolute atomic E-state index is 0.168. The molecule has 0 bridgehead atoms. The van der Waals surface area contributed by atoms with E-state index < -0.39 is 0 Å². The fourth-order valence-corrected chi connectivity index (χ4v) is 0.946. The Labute approximate surface area is 66.2 Å². The minimum atomic E-state index is -0.168. The molecular weight excluding hydrogens is 140 g/mol. The van der Waals surface area contributed by atoms with Crippen molar-refractivity contribution in [2.24, 2.45) is 5.73 Å². The maximum atomic E-state index is 5.37. The van der Waals surface area contributed by atoms with Gasteiger partial charge >= 0.3 is 0 Å². The van der Waals surface area contributed by atoms with Crippen LogP contribution < -0.4 is 11.1 Å². The summed E-state index contributed by atoms with van der Waals surface area (Å²) in [5.41, 5.74) is 5.20. The molecule has 0 atom stereocenters. The van der Waals surface area contributed by atoms with E-state index in [9.17, 15) is 0 Å². The zero-order chi connectivity index (χ0) is 8.32. The van der Waals surface area contributed by atoms with Crippen molar-refractivity contribution >= 4 is 0 Å². The van der Waals surface area contributed by atoms with E-state index in [0.29, 0.717) is 6.67 Å². The van der Waals surface area contributed by atoms with Crippen molar-refractivity contribution in [3.05, 3.63) is 18.2 Å². The van der Waals surface area contributed by atoms with Gasteiger partial charge in [0.25, 0.3) is 0 Å². The highest BCUT2D eigenvalue weighted by Gasteiger charge is 2.20. The Morgan fingerprint density at radius 3 is 2.91 bits per heavy atom. The third-order valence-electron chi connectivity index (χ3n) is 1.63. The number of imidazole rings is 1. The molecule has 0 spiro atoms. The molecule has 0 aliphatic rings. The van der Waals surface area contributed by atoms with Crippen LogP contribution >= 0.6 is 0 Å². The largest absolute Gasteiger partial charge is 0.347 e. The molecule has 0 saturated carbocycles. The first kappa shape index (κ1) is 8.23. The summed E-state index contributed by atoms with van der Waals surface area (Å²) in [5.74, 6) is 0.906.